The molecule has 0 bridgehead atoms. The van der Waals surface area contributed by atoms with Gasteiger partial charge in [0.15, 0.2) is 0 Å². The molecule has 0 spiro atoms. The third-order valence-electron chi connectivity index (χ3n) is 2.80. The number of amides is 1. The normalized spacial score (nSPS) is 11.4. The Morgan fingerprint density at radius 3 is 2.39 bits per heavy atom. The predicted octanol–water partition coefficient (Wildman–Crippen LogP) is 3.59. The summed E-state index contributed by atoms with van der Waals surface area (Å²) in [7, 11) is 0. The average molecular weight is 330 g/mol. The number of carbonyl (C=O) groups is 1. The summed E-state index contributed by atoms with van der Waals surface area (Å²) in [4.78, 5) is 21.8. The van der Waals surface area contributed by atoms with E-state index in [1.165, 1.54) is 30.5 Å². The zero-order valence-corrected chi connectivity index (χ0v) is 12.6. The van der Waals surface area contributed by atoms with E-state index in [9.17, 15) is 14.9 Å². The summed E-state index contributed by atoms with van der Waals surface area (Å²) in [5.74, 6) is -0.486. The van der Waals surface area contributed by atoms with Crippen molar-refractivity contribution in [3.8, 4) is 0 Å². The Labute approximate surface area is 137 Å². The van der Waals surface area contributed by atoms with Crippen LogP contribution in [0.3, 0.4) is 0 Å². The number of hydrogen-bond donors (Lipinski definition) is 1. The fraction of sp³-hybridized carbons (Fsp3) is 0. The molecule has 6 nitrogen and oxygen atoms in total. The van der Waals surface area contributed by atoms with Gasteiger partial charge in [0.05, 0.1) is 16.2 Å². The first-order valence-electron chi connectivity index (χ1n) is 6.56. The molecule has 0 aromatic heterocycles. The maximum absolute atomic E-state index is 11.8. The van der Waals surface area contributed by atoms with E-state index in [0.29, 0.717) is 5.03 Å². The Morgan fingerprint density at radius 1 is 1.13 bits per heavy atom. The molecule has 23 heavy (non-hydrogen) atoms. The van der Waals surface area contributed by atoms with Crippen LogP contribution in [0.4, 0.5) is 5.69 Å². The zero-order valence-electron chi connectivity index (χ0n) is 11.8. The van der Waals surface area contributed by atoms with E-state index in [-0.39, 0.29) is 11.3 Å². The third kappa shape index (κ3) is 5.05. The van der Waals surface area contributed by atoms with Crippen molar-refractivity contribution in [2.45, 2.75) is 0 Å². The fourth-order valence-corrected chi connectivity index (χ4v) is 1.87. The van der Waals surface area contributed by atoms with E-state index in [2.05, 4.69) is 10.5 Å². The number of rotatable bonds is 5. The van der Waals surface area contributed by atoms with Crippen LogP contribution in [0.1, 0.15) is 15.9 Å². The summed E-state index contributed by atoms with van der Waals surface area (Å²) in [6.45, 7) is 0. The van der Waals surface area contributed by atoms with Crippen LogP contribution >= 0.6 is 11.6 Å². The zero-order chi connectivity index (χ0) is 16.7. The predicted molar refractivity (Wildman–Crippen MR) is 89.3 cm³/mol. The van der Waals surface area contributed by atoms with Crippen LogP contribution in [0.15, 0.2) is 64.7 Å². The molecule has 2 rings (SSSR count). The molecule has 0 heterocycles. The van der Waals surface area contributed by atoms with Gasteiger partial charge in [0, 0.05) is 17.7 Å². The molecule has 0 fully saturated rings. The summed E-state index contributed by atoms with van der Waals surface area (Å²) in [5, 5.41) is 14.6. The molecule has 116 valence electrons. The van der Waals surface area contributed by atoms with Crippen LogP contribution in [0, 0.1) is 10.1 Å². The molecule has 0 saturated heterocycles. The van der Waals surface area contributed by atoms with Crippen molar-refractivity contribution in [2.24, 2.45) is 5.10 Å². The molecule has 0 atom stereocenters. The Hall–Kier alpha value is -2.99. The molecule has 2 aromatic carbocycles. The second-order valence-electron chi connectivity index (χ2n) is 4.44. The first-order valence-corrected chi connectivity index (χ1v) is 6.94. The van der Waals surface area contributed by atoms with Gasteiger partial charge in [-0.1, -0.05) is 41.9 Å². The number of hydrazone groups is 1. The van der Waals surface area contributed by atoms with Gasteiger partial charge in [0.2, 0.25) is 0 Å². The standard InChI is InChI=1S/C16H12ClN3O3/c17-14(10-12-4-2-1-3-5-12)11-18-19-16(21)13-6-8-15(9-7-13)20(22)23/h1-11H,(H,19,21)/b14-10-,18-11-. The van der Waals surface area contributed by atoms with Crippen LogP contribution in [0.5, 0.6) is 0 Å². The van der Waals surface area contributed by atoms with Gasteiger partial charge >= 0.3 is 0 Å². The average Bonchev–Trinajstić information content (AvgIpc) is 2.55. The number of nitro groups is 1. The lowest BCUT2D eigenvalue weighted by Gasteiger charge is -1.99. The van der Waals surface area contributed by atoms with Crippen LogP contribution in [0.2, 0.25) is 0 Å². The smallest absolute Gasteiger partial charge is 0.267 e. The number of benzene rings is 2. The minimum absolute atomic E-state index is 0.0844. The maximum atomic E-state index is 11.8. The largest absolute Gasteiger partial charge is 0.271 e. The van der Waals surface area contributed by atoms with Crippen molar-refractivity contribution < 1.29 is 9.72 Å². The lowest BCUT2D eigenvalue weighted by molar-refractivity contribution is -0.384. The molecule has 0 radical (unpaired) electrons. The van der Waals surface area contributed by atoms with E-state index >= 15 is 0 Å². The molecule has 7 heteroatoms. The lowest BCUT2D eigenvalue weighted by atomic mass is 10.2. The Bertz CT molecular complexity index is 756. The molecule has 0 aliphatic heterocycles. The van der Waals surface area contributed by atoms with E-state index < -0.39 is 10.8 Å². The van der Waals surface area contributed by atoms with E-state index in [1.54, 1.807) is 6.08 Å². The molecule has 0 unspecified atom stereocenters. The third-order valence-corrected chi connectivity index (χ3v) is 3.01. The summed E-state index contributed by atoms with van der Waals surface area (Å²) in [6, 6.07) is 14.6. The number of hydrogen-bond acceptors (Lipinski definition) is 4. The summed E-state index contributed by atoms with van der Waals surface area (Å²) in [6.07, 6.45) is 3.00. The maximum Gasteiger partial charge on any atom is 0.271 e. The van der Waals surface area contributed by atoms with Crippen molar-refractivity contribution in [2.75, 3.05) is 0 Å². The SMILES string of the molecule is O=C(N/N=C\C(Cl)=C\c1ccccc1)c1ccc([N+](=O)[O-])cc1. The summed E-state index contributed by atoms with van der Waals surface area (Å²) in [5.41, 5.74) is 3.38. The number of carbonyl (C=O) groups excluding carboxylic acids is 1. The van der Waals surface area contributed by atoms with Gasteiger partial charge in [0.25, 0.3) is 11.6 Å². The molecule has 0 aliphatic carbocycles. The summed E-state index contributed by atoms with van der Waals surface area (Å²) >= 11 is 5.99. The second-order valence-corrected chi connectivity index (χ2v) is 4.88. The molecule has 1 N–H and O–H groups in total. The fourth-order valence-electron chi connectivity index (χ4n) is 1.70. The van der Waals surface area contributed by atoms with Gasteiger partial charge < -0.3 is 0 Å². The van der Waals surface area contributed by atoms with Crippen LogP contribution in [-0.4, -0.2) is 17.0 Å². The van der Waals surface area contributed by atoms with Crippen LogP contribution in [-0.2, 0) is 0 Å². The van der Waals surface area contributed by atoms with Crippen molar-refractivity contribution in [1.82, 2.24) is 5.43 Å². The van der Waals surface area contributed by atoms with Gasteiger partial charge in [-0.15, -0.1) is 0 Å². The number of allylic oxidation sites excluding steroid dienone is 1. The van der Waals surface area contributed by atoms with E-state index in [4.69, 9.17) is 11.6 Å². The molecule has 0 aliphatic rings. The second kappa shape index (κ2) is 7.86. The Morgan fingerprint density at radius 2 is 1.78 bits per heavy atom. The molecule has 1 amide bonds. The van der Waals surface area contributed by atoms with Crippen molar-refractivity contribution in [1.29, 1.82) is 0 Å². The number of nitro benzene ring substituents is 1. The highest BCUT2D eigenvalue weighted by Gasteiger charge is 2.08. The van der Waals surface area contributed by atoms with Gasteiger partial charge in [-0.05, 0) is 23.8 Å². The lowest BCUT2D eigenvalue weighted by Crippen LogP contribution is -2.17. The number of nitrogens with one attached hydrogen (secondary N) is 1. The molecular weight excluding hydrogens is 318 g/mol. The number of non-ortho nitro benzene ring substituents is 1. The van der Waals surface area contributed by atoms with E-state index in [0.717, 1.165) is 5.56 Å². The van der Waals surface area contributed by atoms with Crippen molar-refractivity contribution in [3.05, 3.63) is 80.9 Å². The molecular formula is C16H12ClN3O3. The number of nitrogens with zero attached hydrogens (tertiary/aromatic N) is 2. The molecule has 2 aromatic rings. The summed E-state index contributed by atoms with van der Waals surface area (Å²) < 4.78 is 0. The number of halogens is 1. The quantitative estimate of drug-likeness (QED) is 0.516. The monoisotopic (exact) mass is 329 g/mol. The minimum Gasteiger partial charge on any atom is -0.267 e. The highest BCUT2D eigenvalue weighted by atomic mass is 35.5. The Balaban J connectivity index is 1.95. The highest BCUT2D eigenvalue weighted by Crippen LogP contribution is 2.12. The highest BCUT2D eigenvalue weighted by molar-refractivity contribution is 6.41. The van der Waals surface area contributed by atoms with Gasteiger partial charge in [-0.3, -0.25) is 14.9 Å². The van der Waals surface area contributed by atoms with Crippen LogP contribution < -0.4 is 5.43 Å². The minimum atomic E-state index is -0.534. The van der Waals surface area contributed by atoms with Crippen molar-refractivity contribution >= 4 is 35.5 Å². The first kappa shape index (κ1) is 16.4. The van der Waals surface area contributed by atoms with Gasteiger partial charge in [0.1, 0.15) is 0 Å². The van der Waals surface area contributed by atoms with Crippen molar-refractivity contribution in [3.63, 3.8) is 0 Å². The topological polar surface area (TPSA) is 84.6 Å². The first-order chi connectivity index (χ1) is 11.1. The Kier molecular flexibility index (Phi) is 5.60. The van der Waals surface area contributed by atoms with Gasteiger partial charge in [-0.25, -0.2) is 5.43 Å². The van der Waals surface area contributed by atoms with Crippen LogP contribution in [0.25, 0.3) is 6.08 Å². The molecule has 0 saturated carbocycles. The van der Waals surface area contributed by atoms with Gasteiger partial charge in [-0.2, -0.15) is 5.10 Å². The van der Waals surface area contributed by atoms with E-state index in [1.807, 2.05) is 30.3 Å².